The van der Waals surface area contributed by atoms with Gasteiger partial charge >= 0.3 is 0 Å². The minimum atomic E-state index is -0.317. The summed E-state index contributed by atoms with van der Waals surface area (Å²) in [6, 6.07) is 3.79. The molecule has 7 heteroatoms. The monoisotopic (exact) mass is 312 g/mol. The molecule has 0 bridgehead atoms. The van der Waals surface area contributed by atoms with Crippen LogP contribution in [-0.2, 0) is 11.2 Å². The summed E-state index contributed by atoms with van der Waals surface area (Å²) < 4.78 is 0. The lowest BCUT2D eigenvalue weighted by atomic mass is 10.1. The molecule has 3 heterocycles. The van der Waals surface area contributed by atoms with Crippen LogP contribution in [0, 0.1) is 6.92 Å². The summed E-state index contributed by atoms with van der Waals surface area (Å²) in [4.78, 5) is 31.1. The molecular formula is C16H20N6O. The molecule has 0 aromatic carbocycles. The number of nitrogens with two attached hydrogens (primary N) is 1. The second kappa shape index (κ2) is 6.68. The minimum absolute atomic E-state index is 0.0737. The van der Waals surface area contributed by atoms with Crippen LogP contribution < -0.4 is 10.6 Å². The van der Waals surface area contributed by atoms with Crippen molar-refractivity contribution < 1.29 is 4.79 Å². The second-order valence-corrected chi connectivity index (χ2v) is 5.73. The van der Waals surface area contributed by atoms with E-state index in [2.05, 4.69) is 24.8 Å². The Morgan fingerprint density at radius 2 is 2.13 bits per heavy atom. The number of aryl methyl sites for hydroxylation is 2. The Morgan fingerprint density at radius 3 is 2.87 bits per heavy atom. The average molecular weight is 312 g/mol. The Labute approximate surface area is 135 Å². The molecule has 2 N–H and O–H groups in total. The first-order valence-corrected chi connectivity index (χ1v) is 7.80. The van der Waals surface area contributed by atoms with Gasteiger partial charge < -0.3 is 10.6 Å². The van der Waals surface area contributed by atoms with Crippen LogP contribution in [0.15, 0.2) is 24.5 Å². The molecule has 1 amide bonds. The zero-order valence-corrected chi connectivity index (χ0v) is 13.1. The molecule has 2 aromatic heterocycles. The van der Waals surface area contributed by atoms with E-state index in [-0.39, 0.29) is 11.9 Å². The van der Waals surface area contributed by atoms with Gasteiger partial charge in [0, 0.05) is 36.7 Å². The van der Waals surface area contributed by atoms with E-state index in [4.69, 9.17) is 5.73 Å². The number of hydrogen-bond donors (Lipinski definition) is 1. The van der Waals surface area contributed by atoms with Crippen LogP contribution in [0.3, 0.4) is 0 Å². The number of hydrogen-bond acceptors (Lipinski definition) is 6. The third-order valence-corrected chi connectivity index (χ3v) is 3.91. The highest BCUT2D eigenvalue weighted by molar-refractivity contribution is 5.73. The SMILES string of the molecule is Cc1cc(CCC(N)=O)nc([C@@H]2CCCN2c2ncccn2)n1. The zero-order chi connectivity index (χ0) is 16.2. The van der Waals surface area contributed by atoms with Gasteiger partial charge in [-0.2, -0.15) is 0 Å². The predicted molar refractivity (Wildman–Crippen MR) is 85.6 cm³/mol. The predicted octanol–water partition coefficient (Wildman–Crippen LogP) is 1.33. The molecule has 23 heavy (non-hydrogen) atoms. The van der Waals surface area contributed by atoms with Gasteiger partial charge in [0.1, 0.15) is 0 Å². The lowest BCUT2D eigenvalue weighted by molar-refractivity contribution is -0.118. The molecule has 2 aromatic rings. The number of aromatic nitrogens is 4. The highest BCUT2D eigenvalue weighted by atomic mass is 16.1. The van der Waals surface area contributed by atoms with Crippen LogP contribution in [0.4, 0.5) is 5.95 Å². The van der Waals surface area contributed by atoms with Crippen molar-refractivity contribution in [2.45, 2.75) is 38.6 Å². The number of nitrogens with zero attached hydrogens (tertiary/aromatic N) is 5. The van der Waals surface area contributed by atoms with E-state index in [0.29, 0.717) is 18.8 Å². The molecule has 1 aliphatic rings. The van der Waals surface area contributed by atoms with Crippen molar-refractivity contribution in [3.8, 4) is 0 Å². The van der Waals surface area contributed by atoms with Crippen molar-refractivity contribution in [1.29, 1.82) is 0 Å². The second-order valence-electron chi connectivity index (χ2n) is 5.73. The Bertz CT molecular complexity index is 690. The van der Waals surface area contributed by atoms with E-state index in [1.807, 2.05) is 13.0 Å². The van der Waals surface area contributed by atoms with E-state index < -0.39 is 0 Å². The Balaban J connectivity index is 1.86. The van der Waals surface area contributed by atoms with Crippen LogP contribution in [0.25, 0.3) is 0 Å². The molecule has 1 fully saturated rings. The molecule has 0 aliphatic carbocycles. The first-order valence-electron chi connectivity index (χ1n) is 7.80. The van der Waals surface area contributed by atoms with Crippen molar-refractivity contribution in [1.82, 2.24) is 19.9 Å². The maximum Gasteiger partial charge on any atom is 0.225 e. The van der Waals surface area contributed by atoms with Gasteiger partial charge in [-0.1, -0.05) is 0 Å². The van der Waals surface area contributed by atoms with E-state index in [9.17, 15) is 4.79 Å². The summed E-state index contributed by atoms with van der Waals surface area (Å²) in [6.07, 6.45) is 6.35. The van der Waals surface area contributed by atoms with Crippen LogP contribution in [-0.4, -0.2) is 32.4 Å². The van der Waals surface area contributed by atoms with Gasteiger partial charge in [-0.05, 0) is 38.3 Å². The average Bonchev–Trinajstić information content (AvgIpc) is 3.03. The normalized spacial score (nSPS) is 17.4. The summed E-state index contributed by atoms with van der Waals surface area (Å²) in [5, 5.41) is 0. The Hall–Kier alpha value is -2.57. The first-order chi connectivity index (χ1) is 11.1. The standard InChI is InChI=1S/C16H20N6O/c1-11-10-12(5-6-14(17)23)21-15(20-11)13-4-2-9-22(13)16-18-7-3-8-19-16/h3,7-8,10,13H,2,4-6,9H2,1H3,(H2,17,23)/t13-/m0/s1. The maximum absolute atomic E-state index is 11.0. The van der Waals surface area contributed by atoms with Gasteiger partial charge in [0.2, 0.25) is 11.9 Å². The molecule has 120 valence electrons. The summed E-state index contributed by atoms with van der Waals surface area (Å²) in [5.74, 6) is 1.16. The fourth-order valence-electron chi connectivity index (χ4n) is 2.90. The van der Waals surface area contributed by atoms with Gasteiger partial charge in [-0.15, -0.1) is 0 Å². The highest BCUT2D eigenvalue weighted by Gasteiger charge is 2.30. The van der Waals surface area contributed by atoms with E-state index >= 15 is 0 Å². The number of primary amides is 1. The smallest absolute Gasteiger partial charge is 0.225 e. The molecule has 1 aliphatic heterocycles. The Kier molecular flexibility index (Phi) is 4.45. The molecule has 0 saturated carbocycles. The van der Waals surface area contributed by atoms with Crippen molar-refractivity contribution in [3.05, 3.63) is 41.7 Å². The van der Waals surface area contributed by atoms with Gasteiger partial charge in [0.25, 0.3) is 0 Å². The molecule has 0 unspecified atom stereocenters. The quantitative estimate of drug-likeness (QED) is 0.894. The minimum Gasteiger partial charge on any atom is -0.370 e. The molecule has 0 spiro atoms. The largest absolute Gasteiger partial charge is 0.370 e. The van der Waals surface area contributed by atoms with Crippen LogP contribution >= 0.6 is 0 Å². The summed E-state index contributed by atoms with van der Waals surface area (Å²) in [5.41, 5.74) is 6.98. The van der Waals surface area contributed by atoms with Crippen LogP contribution in [0.1, 0.15) is 42.5 Å². The molecule has 3 rings (SSSR count). The fourth-order valence-corrected chi connectivity index (χ4v) is 2.90. The molecule has 1 saturated heterocycles. The topological polar surface area (TPSA) is 97.9 Å². The van der Waals surface area contributed by atoms with Gasteiger partial charge in [-0.3, -0.25) is 4.79 Å². The summed E-state index contributed by atoms with van der Waals surface area (Å²) >= 11 is 0. The number of carbonyl (C=O) groups excluding carboxylic acids is 1. The number of carbonyl (C=O) groups is 1. The maximum atomic E-state index is 11.0. The fraction of sp³-hybridized carbons (Fsp3) is 0.438. The van der Waals surface area contributed by atoms with Crippen molar-refractivity contribution in [3.63, 3.8) is 0 Å². The lowest BCUT2D eigenvalue weighted by Crippen LogP contribution is -2.26. The zero-order valence-electron chi connectivity index (χ0n) is 13.1. The first kappa shape index (κ1) is 15.3. The van der Waals surface area contributed by atoms with Gasteiger partial charge in [0.15, 0.2) is 5.82 Å². The van der Waals surface area contributed by atoms with Crippen molar-refractivity contribution in [2.24, 2.45) is 5.73 Å². The summed E-state index contributed by atoms with van der Waals surface area (Å²) in [6.45, 7) is 2.83. The van der Waals surface area contributed by atoms with Gasteiger partial charge in [-0.25, -0.2) is 19.9 Å². The highest BCUT2D eigenvalue weighted by Crippen LogP contribution is 2.32. The van der Waals surface area contributed by atoms with E-state index in [1.54, 1.807) is 18.5 Å². The third kappa shape index (κ3) is 3.61. The Morgan fingerprint density at radius 1 is 1.35 bits per heavy atom. The van der Waals surface area contributed by atoms with Gasteiger partial charge in [0.05, 0.1) is 6.04 Å². The molecular weight excluding hydrogens is 292 g/mol. The number of anilines is 1. The van der Waals surface area contributed by atoms with E-state index in [1.165, 1.54) is 0 Å². The number of amides is 1. The van der Waals surface area contributed by atoms with E-state index in [0.717, 1.165) is 36.6 Å². The molecule has 0 radical (unpaired) electrons. The molecule has 1 atom stereocenters. The van der Waals surface area contributed by atoms with Crippen molar-refractivity contribution >= 4 is 11.9 Å². The molecule has 7 nitrogen and oxygen atoms in total. The third-order valence-electron chi connectivity index (χ3n) is 3.91. The number of rotatable bonds is 5. The van der Waals surface area contributed by atoms with Crippen LogP contribution in [0.5, 0.6) is 0 Å². The lowest BCUT2D eigenvalue weighted by Gasteiger charge is -2.23. The summed E-state index contributed by atoms with van der Waals surface area (Å²) in [7, 11) is 0. The van der Waals surface area contributed by atoms with Crippen LogP contribution in [0.2, 0.25) is 0 Å². The van der Waals surface area contributed by atoms with Crippen molar-refractivity contribution in [2.75, 3.05) is 11.4 Å².